The first-order valence-corrected chi connectivity index (χ1v) is 8.17. The number of nitrogens with one attached hydrogen (secondary N) is 1. The molecule has 1 saturated heterocycles. The van der Waals surface area contributed by atoms with Crippen molar-refractivity contribution in [2.45, 2.75) is 39.3 Å². The summed E-state index contributed by atoms with van der Waals surface area (Å²) in [5.41, 5.74) is 1.63. The van der Waals surface area contributed by atoms with Crippen LogP contribution in [-0.4, -0.2) is 37.0 Å². The minimum atomic E-state index is 0.240. The molecule has 1 heterocycles. The molecule has 1 aromatic carbocycles. The first-order valence-electron chi connectivity index (χ1n) is 8.17. The molecule has 0 saturated carbocycles. The van der Waals surface area contributed by atoms with Gasteiger partial charge in [0.2, 0.25) is 5.91 Å². The van der Waals surface area contributed by atoms with Crippen molar-refractivity contribution >= 4 is 5.91 Å². The highest BCUT2D eigenvalue weighted by Gasteiger charge is 2.27. The van der Waals surface area contributed by atoms with E-state index in [2.05, 4.69) is 18.3 Å². The minimum Gasteiger partial charge on any atom is -0.495 e. The number of rotatable bonds is 5. The molecule has 0 spiro atoms. The Balaban J connectivity index is 1.92. The maximum Gasteiger partial charge on any atom is 0.222 e. The first-order chi connectivity index (χ1) is 11.1. The molecule has 5 heteroatoms. The van der Waals surface area contributed by atoms with E-state index in [1.807, 2.05) is 30.0 Å². The molecule has 23 heavy (non-hydrogen) atoms. The zero-order valence-electron chi connectivity index (χ0n) is 14.1. The van der Waals surface area contributed by atoms with E-state index >= 15 is 0 Å². The van der Waals surface area contributed by atoms with E-state index < -0.39 is 0 Å². The van der Waals surface area contributed by atoms with E-state index in [0.29, 0.717) is 29.7 Å². The van der Waals surface area contributed by atoms with E-state index in [1.54, 1.807) is 7.11 Å². The first kappa shape index (κ1) is 17.3. The number of hydrogen-bond acceptors (Lipinski definition) is 4. The highest BCUT2D eigenvalue weighted by atomic mass is 16.5. The van der Waals surface area contributed by atoms with Crippen LogP contribution in [-0.2, 0) is 11.3 Å². The number of amides is 1. The van der Waals surface area contributed by atoms with Crippen molar-refractivity contribution < 1.29 is 9.53 Å². The largest absolute Gasteiger partial charge is 0.495 e. The van der Waals surface area contributed by atoms with Gasteiger partial charge in [-0.3, -0.25) is 4.79 Å². The molecule has 124 valence electrons. The molecular weight excluding hydrogens is 290 g/mol. The fourth-order valence-electron chi connectivity index (χ4n) is 3.10. The van der Waals surface area contributed by atoms with Gasteiger partial charge in [0, 0.05) is 32.1 Å². The summed E-state index contributed by atoms with van der Waals surface area (Å²) in [5, 5.41) is 12.7. The van der Waals surface area contributed by atoms with Gasteiger partial charge in [-0.25, -0.2) is 0 Å². The summed E-state index contributed by atoms with van der Waals surface area (Å²) in [4.78, 5) is 13.8. The number of nitrogens with zero attached hydrogens (tertiary/aromatic N) is 2. The molecular formula is C18H25N3O2. The van der Waals surface area contributed by atoms with Crippen molar-refractivity contribution in [1.82, 2.24) is 10.2 Å². The smallest absolute Gasteiger partial charge is 0.222 e. The average Bonchev–Trinajstić information content (AvgIpc) is 2.59. The molecule has 0 unspecified atom stereocenters. The Morgan fingerprint density at radius 3 is 2.91 bits per heavy atom. The van der Waals surface area contributed by atoms with Crippen LogP contribution >= 0.6 is 0 Å². The number of carbonyl (C=O) groups is 1. The average molecular weight is 315 g/mol. The second-order valence-corrected chi connectivity index (χ2v) is 6.09. The van der Waals surface area contributed by atoms with Crippen molar-refractivity contribution in [3.63, 3.8) is 0 Å². The van der Waals surface area contributed by atoms with Crippen LogP contribution in [0.25, 0.3) is 0 Å². The quantitative estimate of drug-likeness (QED) is 0.905. The van der Waals surface area contributed by atoms with Crippen LogP contribution in [0.3, 0.4) is 0 Å². The summed E-state index contributed by atoms with van der Waals surface area (Å²) in [6, 6.07) is 8.23. The third-order valence-corrected chi connectivity index (χ3v) is 4.51. The van der Waals surface area contributed by atoms with Gasteiger partial charge in [0.05, 0.1) is 12.7 Å². The van der Waals surface area contributed by atoms with Crippen molar-refractivity contribution in [3.05, 3.63) is 29.3 Å². The maximum atomic E-state index is 11.8. The van der Waals surface area contributed by atoms with Crippen molar-refractivity contribution in [1.29, 1.82) is 5.26 Å². The monoisotopic (exact) mass is 315 g/mol. The van der Waals surface area contributed by atoms with Crippen molar-refractivity contribution in [3.8, 4) is 11.8 Å². The number of carbonyl (C=O) groups excluding carboxylic acids is 1. The van der Waals surface area contributed by atoms with Gasteiger partial charge >= 0.3 is 0 Å². The molecule has 0 aromatic heterocycles. The summed E-state index contributed by atoms with van der Waals surface area (Å²) >= 11 is 0. The number of nitriles is 1. The summed E-state index contributed by atoms with van der Waals surface area (Å²) in [6.45, 7) is 6.45. The molecule has 1 fully saturated rings. The molecule has 2 atom stereocenters. The van der Waals surface area contributed by atoms with Crippen LogP contribution in [0.5, 0.6) is 5.75 Å². The molecule has 0 radical (unpaired) electrons. The van der Waals surface area contributed by atoms with Gasteiger partial charge in [0.1, 0.15) is 11.8 Å². The van der Waals surface area contributed by atoms with Gasteiger partial charge in [-0.1, -0.05) is 19.9 Å². The fraction of sp³-hybridized carbons (Fsp3) is 0.556. The Hall–Kier alpha value is -2.06. The lowest BCUT2D eigenvalue weighted by Gasteiger charge is -2.37. The maximum absolute atomic E-state index is 11.8. The summed E-state index contributed by atoms with van der Waals surface area (Å²) in [7, 11) is 1.57. The van der Waals surface area contributed by atoms with E-state index in [1.165, 1.54) is 0 Å². The number of likely N-dealkylation sites (tertiary alicyclic amines) is 1. The fourth-order valence-corrected chi connectivity index (χ4v) is 3.10. The van der Waals surface area contributed by atoms with E-state index in [-0.39, 0.29) is 5.91 Å². The summed E-state index contributed by atoms with van der Waals surface area (Å²) in [6.07, 6.45) is 1.54. The van der Waals surface area contributed by atoms with Gasteiger partial charge in [0.25, 0.3) is 0 Å². The predicted octanol–water partition coefficient (Wildman–Crippen LogP) is 2.30. The highest BCUT2D eigenvalue weighted by molar-refractivity contribution is 5.75. The standard InChI is InChI=1S/C18H25N3O2/c1-4-18(22)21-8-7-16(13(2)12-21)20-11-14-5-6-17(23-3)15(9-14)10-19/h5-6,9,13,16,20H,4,7-8,11-12H2,1-3H3/t13-,16+/m0/s1. The second-order valence-electron chi connectivity index (χ2n) is 6.09. The molecule has 1 N–H and O–H groups in total. The van der Waals surface area contributed by atoms with Crippen molar-refractivity contribution in [2.24, 2.45) is 5.92 Å². The Bertz CT molecular complexity index is 594. The minimum absolute atomic E-state index is 0.240. The molecule has 1 aromatic rings. The number of benzene rings is 1. The predicted molar refractivity (Wildman–Crippen MR) is 89.0 cm³/mol. The van der Waals surface area contributed by atoms with Crippen LogP contribution < -0.4 is 10.1 Å². The zero-order chi connectivity index (χ0) is 16.8. The molecule has 0 aliphatic carbocycles. The normalized spacial score (nSPS) is 20.9. The lowest BCUT2D eigenvalue weighted by atomic mass is 9.93. The lowest BCUT2D eigenvalue weighted by molar-refractivity contribution is -0.132. The molecule has 2 rings (SSSR count). The molecule has 1 aliphatic heterocycles. The van der Waals surface area contributed by atoms with Crippen LogP contribution in [0, 0.1) is 17.2 Å². The van der Waals surface area contributed by atoms with E-state index in [9.17, 15) is 4.79 Å². The SMILES string of the molecule is CCC(=O)N1CC[C@@H](NCc2ccc(OC)c(C#N)c2)[C@@H](C)C1. The van der Waals surface area contributed by atoms with Crippen LogP contribution in [0.15, 0.2) is 18.2 Å². The van der Waals surface area contributed by atoms with Gasteiger partial charge in [-0.2, -0.15) is 5.26 Å². The number of piperidine rings is 1. The number of hydrogen-bond donors (Lipinski definition) is 1. The molecule has 0 bridgehead atoms. The Morgan fingerprint density at radius 1 is 1.52 bits per heavy atom. The van der Waals surface area contributed by atoms with Gasteiger partial charge in [0.15, 0.2) is 0 Å². The molecule has 1 aliphatic rings. The number of ether oxygens (including phenoxy) is 1. The Morgan fingerprint density at radius 2 is 2.30 bits per heavy atom. The van der Waals surface area contributed by atoms with Crippen LogP contribution in [0.2, 0.25) is 0 Å². The molecule has 5 nitrogen and oxygen atoms in total. The topological polar surface area (TPSA) is 65.4 Å². The van der Waals surface area contributed by atoms with Gasteiger partial charge in [-0.05, 0) is 30.0 Å². The van der Waals surface area contributed by atoms with Gasteiger partial charge in [-0.15, -0.1) is 0 Å². The van der Waals surface area contributed by atoms with E-state index in [0.717, 1.165) is 31.6 Å². The van der Waals surface area contributed by atoms with Gasteiger partial charge < -0.3 is 15.0 Å². The van der Waals surface area contributed by atoms with Crippen molar-refractivity contribution in [2.75, 3.05) is 20.2 Å². The summed E-state index contributed by atoms with van der Waals surface area (Å²) in [5.74, 6) is 1.27. The van der Waals surface area contributed by atoms with E-state index in [4.69, 9.17) is 10.00 Å². The number of methoxy groups -OCH3 is 1. The third kappa shape index (κ3) is 4.23. The summed E-state index contributed by atoms with van der Waals surface area (Å²) < 4.78 is 5.17. The second kappa shape index (κ2) is 7.98. The van der Waals surface area contributed by atoms with Crippen LogP contribution in [0.4, 0.5) is 0 Å². The third-order valence-electron chi connectivity index (χ3n) is 4.51. The Labute approximate surface area is 138 Å². The van der Waals surface area contributed by atoms with Crippen LogP contribution in [0.1, 0.15) is 37.8 Å². The zero-order valence-corrected chi connectivity index (χ0v) is 14.1. The molecule has 1 amide bonds. The Kier molecular flexibility index (Phi) is 6.00. The lowest BCUT2D eigenvalue weighted by Crippen LogP contribution is -2.49. The highest BCUT2D eigenvalue weighted by Crippen LogP contribution is 2.21.